The van der Waals surface area contributed by atoms with Crippen molar-refractivity contribution in [3.63, 3.8) is 0 Å². The van der Waals surface area contributed by atoms with Gasteiger partial charge in [-0.05, 0) is 26.7 Å². The lowest BCUT2D eigenvalue weighted by Gasteiger charge is -2.26. The molecule has 4 nitrogen and oxygen atoms in total. The Hall–Kier alpha value is -0.550. The van der Waals surface area contributed by atoms with Crippen LogP contribution in [0.15, 0.2) is 9.64 Å². The van der Waals surface area contributed by atoms with E-state index in [4.69, 9.17) is 4.42 Å². The van der Waals surface area contributed by atoms with Crippen molar-refractivity contribution in [3.8, 4) is 0 Å². The van der Waals surface area contributed by atoms with Gasteiger partial charge in [-0.15, -0.1) is 10.2 Å². The Morgan fingerprint density at radius 2 is 1.94 bits per heavy atom. The quantitative estimate of drug-likeness (QED) is 0.822. The Bertz CT molecular complexity index is 344. The van der Waals surface area contributed by atoms with E-state index in [0.29, 0.717) is 22.3 Å². The number of nitrogens with zero attached hydrogens (tertiary/aromatic N) is 2. The lowest BCUT2D eigenvalue weighted by atomic mass is 10.1. The van der Waals surface area contributed by atoms with Gasteiger partial charge in [0.2, 0.25) is 5.89 Å². The van der Waals surface area contributed by atoms with Gasteiger partial charge < -0.3 is 9.73 Å². The van der Waals surface area contributed by atoms with E-state index >= 15 is 0 Å². The number of rotatable bonds is 5. The first-order valence-corrected chi connectivity index (χ1v) is 6.87. The summed E-state index contributed by atoms with van der Waals surface area (Å²) in [6.07, 6.45) is 0. The third-order valence-electron chi connectivity index (χ3n) is 2.34. The fraction of sp³-hybridized carbons (Fsp3) is 0.833. The van der Waals surface area contributed by atoms with E-state index in [-0.39, 0.29) is 5.54 Å². The van der Waals surface area contributed by atoms with Gasteiger partial charge in [0.05, 0.1) is 0 Å². The predicted molar refractivity (Wildman–Crippen MR) is 71.3 cm³/mol. The van der Waals surface area contributed by atoms with Crippen molar-refractivity contribution < 1.29 is 4.42 Å². The Balaban J connectivity index is 2.55. The van der Waals surface area contributed by atoms with Crippen LogP contribution in [0.5, 0.6) is 0 Å². The molecule has 0 aliphatic heterocycles. The molecule has 0 fully saturated rings. The Labute approximate surface area is 108 Å². The van der Waals surface area contributed by atoms with Crippen LogP contribution in [0, 0.1) is 12.8 Å². The number of thioether (sulfide) groups is 1. The molecule has 98 valence electrons. The Morgan fingerprint density at radius 1 is 1.29 bits per heavy atom. The standard InChI is InChI=1S/C12H23N3OS/c1-8(2)10(7-13-12(4,5)6)17-11-15-14-9(3)16-11/h8,10,13H,7H2,1-6H3. The first kappa shape index (κ1) is 14.5. The molecule has 0 aromatic carbocycles. The smallest absolute Gasteiger partial charge is 0.276 e. The molecule has 1 aromatic rings. The van der Waals surface area contributed by atoms with Crippen molar-refractivity contribution >= 4 is 11.8 Å². The van der Waals surface area contributed by atoms with Crippen molar-refractivity contribution in [2.45, 2.75) is 57.6 Å². The molecule has 1 rings (SSSR count). The van der Waals surface area contributed by atoms with Crippen LogP contribution in [0.4, 0.5) is 0 Å². The monoisotopic (exact) mass is 257 g/mol. The molecule has 1 atom stereocenters. The van der Waals surface area contributed by atoms with Gasteiger partial charge in [-0.2, -0.15) is 0 Å². The van der Waals surface area contributed by atoms with Gasteiger partial charge in [-0.25, -0.2) is 0 Å². The highest BCUT2D eigenvalue weighted by Gasteiger charge is 2.20. The average molecular weight is 257 g/mol. The molecule has 17 heavy (non-hydrogen) atoms. The summed E-state index contributed by atoms with van der Waals surface area (Å²) < 4.78 is 5.41. The molecule has 5 heteroatoms. The zero-order chi connectivity index (χ0) is 13.1. The lowest BCUT2D eigenvalue weighted by Crippen LogP contribution is -2.41. The molecule has 0 amide bonds. The first-order chi connectivity index (χ1) is 7.78. The molecule has 0 aliphatic rings. The van der Waals surface area contributed by atoms with Crippen molar-refractivity contribution in [1.29, 1.82) is 0 Å². The van der Waals surface area contributed by atoms with Crippen molar-refractivity contribution in [3.05, 3.63) is 5.89 Å². The van der Waals surface area contributed by atoms with E-state index in [1.165, 1.54) is 0 Å². The Morgan fingerprint density at radius 3 is 2.35 bits per heavy atom. The van der Waals surface area contributed by atoms with Gasteiger partial charge in [0, 0.05) is 24.3 Å². The summed E-state index contributed by atoms with van der Waals surface area (Å²) in [7, 11) is 0. The lowest BCUT2D eigenvalue weighted by molar-refractivity contribution is 0.401. The zero-order valence-electron chi connectivity index (χ0n) is 11.6. The molecule has 0 spiro atoms. The number of aryl methyl sites for hydroxylation is 1. The molecule has 1 N–H and O–H groups in total. The van der Waals surface area contributed by atoms with Crippen LogP contribution in [-0.2, 0) is 0 Å². The highest BCUT2D eigenvalue weighted by Crippen LogP contribution is 2.26. The van der Waals surface area contributed by atoms with Crippen LogP contribution in [0.3, 0.4) is 0 Å². The summed E-state index contributed by atoms with van der Waals surface area (Å²) in [6, 6.07) is 0. The molecule has 1 aromatic heterocycles. The number of hydrogen-bond donors (Lipinski definition) is 1. The van der Waals surface area contributed by atoms with E-state index in [1.54, 1.807) is 11.8 Å². The Kier molecular flexibility index (Phi) is 5.01. The summed E-state index contributed by atoms with van der Waals surface area (Å²) >= 11 is 1.66. The average Bonchev–Trinajstić information content (AvgIpc) is 2.56. The van der Waals surface area contributed by atoms with Gasteiger partial charge >= 0.3 is 0 Å². The molecule has 0 radical (unpaired) electrons. The second kappa shape index (κ2) is 5.87. The molecule has 0 saturated heterocycles. The summed E-state index contributed by atoms with van der Waals surface area (Å²) in [4.78, 5) is 0. The number of aromatic nitrogens is 2. The highest BCUT2D eigenvalue weighted by molar-refractivity contribution is 7.99. The molecular weight excluding hydrogens is 234 g/mol. The molecule has 1 heterocycles. The van der Waals surface area contributed by atoms with Crippen LogP contribution < -0.4 is 5.32 Å². The first-order valence-electron chi connectivity index (χ1n) is 6.00. The second-order valence-electron chi connectivity index (χ2n) is 5.62. The molecule has 1 unspecified atom stereocenters. The SMILES string of the molecule is Cc1nnc(SC(CNC(C)(C)C)C(C)C)o1. The minimum atomic E-state index is 0.137. The van der Waals surface area contributed by atoms with E-state index in [2.05, 4.69) is 50.1 Å². The third kappa shape index (κ3) is 5.55. The van der Waals surface area contributed by atoms with Crippen molar-refractivity contribution in [2.24, 2.45) is 5.92 Å². The normalized spacial score (nSPS) is 14.3. The van der Waals surface area contributed by atoms with Crippen LogP contribution in [0.1, 0.15) is 40.5 Å². The summed E-state index contributed by atoms with van der Waals surface area (Å²) in [5, 5.41) is 12.5. The van der Waals surface area contributed by atoms with Gasteiger partial charge in [0.25, 0.3) is 5.22 Å². The molecule has 0 saturated carbocycles. The van der Waals surface area contributed by atoms with Gasteiger partial charge in [0.15, 0.2) is 0 Å². The summed E-state index contributed by atoms with van der Waals surface area (Å²) in [5.41, 5.74) is 0.137. The second-order valence-corrected chi connectivity index (χ2v) is 6.81. The van der Waals surface area contributed by atoms with Crippen LogP contribution >= 0.6 is 11.8 Å². The summed E-state index contributed by atoms with van der Waals surface area (Å²) in [5.74, 6) is 1.18. The highest BCUT2D eigenvalue weighted by atomic mass is 32.2. The topological polar surface area (TPSA) is 51.0 Å². The fourth-order valence-corrected chi connectivity index (χ4v) is 2.23. The maximum absolute atomic E-state index is 5.41. The van der Waals surface area contributed by atoms with E-state index < -0.39 is 0 Å². The van der Waals surface area contributed by atoms with E-state index in [9.17, 15) is 0 Å². The fourth-order valence-electron chi connectivity index (χ4n) is 1.28. The van der Waals surface area contributed by atoms with E-state index in [0.717, 1.165) is 6.54 Å². The van der Waals surface area contributed by atoms with Crippen LogP contribution in [0.2, 0.25) is 0 Å². The van der Waals surface area contributed by atoms with Crippen molar-refractivity contribution in [1.82, 2.24) is 15.5 Å². The number of nitrogens with one attached hydrogen (secondary N) is 1. The van der Waals surface area contributed by atoms with Crippen LogP contribution in [0.25, 0.3) is 0 Å². The number of hydrogen-bond acceptors (Lipinski definition) is 5. The minimum Gasteiger partial charge on any atom is -0.416 e. The maximum atomic E-state index is 5.41. The molecule has 0 bridgehead atoms. The third-order valence-corrected chi connectivity index (χ3v) is 3.72. The zero-order valence-corrected chi connectivity index (χ0v) is 12.4. The predicted octanol–water partition coefficient (Wildman–Crippen LogP) is 2.88. The minimum absolute atomic E-state index is 0.137. The van der Waals surface area contributed by atoms with Gasteiger partial charge in [0.1, 0.15) is 0 Å². The van der Waals surface area contributed by atoms with E-state index in [1.807, 2.05) is 6.92 Å². The van der Waals surface area contributed by atoms with Gasteiger partial charge in [-0.1, -0.05) is 25.6 Å². The maximum Gasteiger partial charge on any atom is 0.276 e. The van der Waals surface area contributed by atoms with Crippen molar-refractivity contribution in [2.75, 3.05) is 6.54 Å². The summed E-state index contributed by atoms with van der Waals surface area (Å²) in [6.45, 7) is 13.7. The van der Waals surface area contributed by atoms with Crippen LogP contribution in [-0.4, -0.2) is 27.5 Å². The largest absolute Gasteiger partial charge is 0.416 e. The molecular formula is C12H23N3OS. The molecule has 0 aliphatic carbocycles. The van der Waals surface area contributed by atoms with Gasteiger partial charge in [-0.3, -0.25) is 0 Å².